The summed E-state index contributed by atoms with van der Waals surface area (Å²) >= 11 is 2.85. The third kappa shape index (κ3) is 4.75. The largest absolute Gasteiger partial charge is 0.308 e. The third-order valence-corrected chi connectivity index (χ3v) is 7.31. The molecule has 7 nitrogen and oxygen atoms in total. The fraction of sp³-hybridized carbons (Fsp3) is 0.273. The van der Waals surface area contributed by atoms with Gasteiger partial charge in [0.25, 0.3) is 11.6 Å². The fourth-order valence-electron chi connectivity index (χ4n) is 3.25. The minimum Gasteiger partial charge on any atom is -0.308 e. The lowest BCUT2D eigenvalue weighted by Crippen LogP contribution is -2.36. The standard InChI is InChI=1S/C22H22N4O3S2.ClH/c1-13-9-17-19(10-14(13)2)31-22(23-17)25(8-7-24(3)4)21(27)20-12-15-11-16(26(28)29)5-6-18(15)30-20;/h5-6,9-12H,7-8H2,1-4H3;1H. The van der Waals surface area contributed by atoms with Gasteiger partial charge in [0.1, 0.15) is 0 Å². The number of non-ortho nitro benzene ring substituents is 1. The monoisotopic (exact) mass is 490 g/mol. The van der Waals surface area contributed by atoms with Gasteiger partial charge in [0.05, 0.1) is 20.0 Å². The molecule has 0 aliphatic rings. The van der Waals surface area contributed by atoms with Gasteiger partial charge in [-0.15, -0.1) is 23.7 Å². The molecule has 32 heavy (non-hydrogen) atoms. The SMILES string of the molecule is Cc1cc2nc(N(CCN(C)C)C(=O)c3cc4cc([N+](=O)[O-])ccc4s3)sc2cc1C.Cl. The van der Waals surface area contributed by atoms with E-state index in [2.05, 4.69) is 26.0 Å². The predicted octanol–water partition coefficient (Wildman–Crippen LogP) is 5.67. The molecule has 1 amide bonds. The molecule has 2 heterocycles. The van der Waals surface area contributed by atoms with E-state index in [1.54, 1.807) is 17.0 Å². The summed E-state index contributed by atoms with van der Waals surface area (Å²) in [5.41, 5.74) is 3.27. The number of anilines is 1. The van der Waals surface area contributed by atoms with Crippen molar-refractivity contribution in [2.75, 3.05) is 32.1 Å². The number of nitro groups is 1. The molecule has 0 spiro atoms. The Morgan fingerprint density at radius 1 is 1.03 bits per heavy atom. The van der Waals surface area contributed by atoms with Crippen LogP contribution in [0.1, 0.15) is 20.8 Å². The van der Waals surface area contributed by atoms with Crippen molar-refractivity contribution in [1.82, 2.24) is 9.88 Å². The van der Waals surface area contributed by atoms with E-state index >= 15 is 0 Å². The maximum atomic E-state index is 13.5. The molecular formula is C22H23ClN4O3S2. The summed E-state index contributed by atoms with van der Waals surface area (Å²) in [6.45, 7) is 5.31. The van der Waals surface area contributed by atoms with Crippen LogP contribution in [0, 0.1) is 24.0 Å². The van der Waals surface area contributed by atoms with Gasteiger partial charge < -0.3 is 4.90 Å². The van der Waals surface area contributed by atoms with Crippen molar-refractivity contribution in [3.8, 4) is 0 Å². The van der Waals surface area contributed by atoms with Gasteiger partial charge >= 0.3 is 0 Å². The Morgan fingerprint density at radius 2 is 1.75 bits per heavy atom. The van der Waals surface area contributed by atoms with E-state index in [-0.39, 0.29) is 24.0 Å². The predicted molar refractivity (Wildman–Crippen MR) is 135 cm³/mol. The number of rotatable bonds is 6. The first-order chi connectivity index (χ1) is 14.7. The lowest BCUT2D eigenvalue weighted by atomic mass is 10.1. The second-order valence-electron chi connectivity index (χ2n) is 7.75. The van der Waals surface area contributed by atoms with Crippen LogP contribution in [0.15, 0.2) is 36.4 Å². The molecule has 0 aliphatic heterocycles. The number of carbonyl (C=O) groups is 1. The second kappa shape index (κ2) is 9.50. The maximum absolute atomic E-state index is 13.5. The molecule has 10 heteroatoms. The van der Waals surface area contributed by atoms with Crippen LogP contribution in [0.2, 0.25) is 0 Å². The van der Waals surface area contributed by atoms with Crippen molar-refractivity contribution in [3.63, 3.8) is 0 Å². The minimum absolute atomic E-state index is 0. The van der Waals surface area contributed by atoms with Gasteiger partial charge in [-0.1, -0.05) is 11.3 Å². The molecule has 0 atom stereocenters. The third-order valence-electron chi connectivity index (χ3n) is 5.16. The van der Waals surface area contributed by atoms with Crippen molar-refractivity contribution in [3.05, 3.63) is 62.5 Å². The van der Waals surface area contributed by atoms with Gasteiger partial charge in [0, 0.05) is 35.3 Å². The van der Waals surface area contributed by atoms with Gasteiger partial charge in [0.15, 0.2) is 5.13 Å². The number of aryl methyl sites for hydroxylation is 2. The molecule has 0 bridgehead atoms. The van der Waals surface area contributed by atoms with Crippen LogP contribution in [0.5, 0.6) is 0 Å². The molecule has 0 unspecified atom stereocenters. The number of hydrogen-bond acceptors (Lipinski definition) is 7. The number of thiophene rings is 1. The number of nitrogens with zero attached hydrogens (tertiary/aromatic N) is 4. The quantitative estimate of drug-likeness (QED) is 0.257. The molecule has 0 aliphatic carbocycles. The van der Waals surface area contributed by atoms with E-state index < -0.39 is 4.92 Å². The van der Waals surface area contributed by atoms with Crippen LogP contribution in [-0.4, -0.2) is 47.9 Å². The van der Waals surface area contributed by atoms with Crippen LogP contribution in [0.4, 0.5) is 10.8 Å². The molecule has 0 saturated carbocycles. The Labute approximate surface area is 199 Å². The van der Waals surface area contributed by atoms with Crippen molar-refractivity contribution in [1.29, 1.82) is 0 Å². The van der Waals surface area contributed by atoms with Crippen molar-refractivity contribution < 1.29 is 9.72 Å². The zero-order valence-electron chi connectivity index (χ0n) is 18.1. The molecular weight excluding hydrogens is 468 g/mol. The molecule has 4 rings (SSSR count). The van der Waals surface area contributed by atoms with E-state index in [1.807, 2.05) is 19.0 Å². The molecule has 2 aromatic heterocycles. The number of fused-ring (bicyclic) bond motifs is 2. The normalized spacial score (nSPS) is 11.2. The molecule has 0 fully saturated rings. The number of aromatic nitrogens is 1. The number of benzene rings is 2. The summed E-state index contributed by atoms with van der Waals surface area (Å²) in [6, 6.07) is 10.6. The first-order valence-electron chi connectivity index (χ1n) is 9.75. The summed E-state index contributed by atoms with van der Waals surface area (Å²) in [7, 11) is 3.93. The van der Waals surface area contributed by atoms with Gasteiger partial charge in [-0.3, -0.25) is 19.8 Å². The highest BCUT2D eigenvalue weighted by Gasteiger charge is 2.24. The van der Waals surface area contributed by atoms with E-state index in [4.69, 9.17) is 4.98 Å². The van der Waals surface area contributed by atoms with Crippen LogP contribution in [-0.2, 0) is 0 Å². The first kappa shape index (κ1) is 24.1. The highest BCUT2D eigenvalue weighted by atomic mass is 35.5. The Bertz CT molecular complexity index is 1280. The Morgan fingerprint density at radius 3 is 2.44 bits per heavy atom. The van der Waals surface area contributed by atoms with Gasteiger partial charge in [-0.05, 0) is 63.3 Å². The molecule has 0 N–H and O–H groups in total. The number of thiazole rings is 1. The highest BCUT2D eigenvalue weighted by molar-refractivity contribution is 7.23. The fourth-order valence-corrected chi connectivity index (χ4v) is 5.31. The number of hydrogen-bond donors (Lipinski definition) is 0. The van der Waals surface area contributed by atoms with Crippen LogP contribution in [0.25, 0.3) is 20.3 Å². The average Bonchev–Trinajstić information content (AvgIpc) is 3.31. The molecule has 4 aromatic rings. The topological polar surface area (TPSA) is 79.6 Å². The second-order valence-corrected chi connectivity index (χ2v) is 9.84. The van der Waals surface area contributed by atoms with Gasteiger partial charge in [-0.25, -0.2) is 4.98 Å². The Kier molecular flexibility index (Phi) is 7.14. The van der Waals surface area contributed by atoms with E-state index in [9.17, 15) is 14.9 Å². The summed E-state index contributed by atoms with van der Waals surface area (Å²) in [6.07, 6.45) is 0. The molecule has 0 saturated heterocycles. The van der Waals surface area contributed by atoms with Crippen LogP contribution >= 0.6 is 35.1 Å². The average molecular weight is 491 g/mol. The summed E-state index contributed by atoms with van der Waals surface area (Å²) in [5, 5.41) is 12.4. The van der Waals surface area contributed by atoms with E-state index in [1.165, 1.54) is 45.9 Å². The zero-order chi connectivity index (χ0) is 22.3. The molecule has 0 radical (unpaired) electrons. The van der Waals surface area contributed by atoms with E-state index in [0.29, 0.717) is 28.5 Å². The lowest BCUT2D eigenvalue weighted by molar-refractivity contribution is -0.384. The smallest absolute Gasteiger partial charge is 0.270 e. The molecule has 168 valence electrons. The number of amides is 1. The summed E-state index contributed by atoms with van der Waals surface area (Å²) < 4.78 is 1.89. The summed E-state index contributed by atoms with van der Waals surface area (Å²) in [5.74, 6) is -0.141. The Hall–Kier alpha value is -2.59. The van der Waals surface area contributed by atoms with Gasteiger partial charge in [0.2, 0.25) is 0 Å². The highest BCUT2D eigenvalue weighted by Crippen LogP contribution is 2.34. The van der Waals surface area contributed by atoms with Crippen molar-refractivity contribution in [2.24, 2.45) is 0 Å². The minimum atomic E-state index is -0.424. The number of likely N-dealkylation sites (N-methyl/N-ethyl adjacent to an activating group) is 1. The van der Waals surface area contributed by atoms with Crippen LogP contribution in [0.3, 0.4) is 0 Å². The number of nitro benzene ring substituents is 1. The van der Waals surface area contributed by atoms with Crippen molar-refractivity contribution >= 4 is 72.1 Å². The van der Waals surface area contributed by atoms with Gasteiger partial charge in [-0.2, -0.15) is 0 Å². The first-order valence-corrected chi connectivity index (χ1v) is 11.4. The Balaban J connectivity index is 0.00000289. The van der Waals surface area contributed by atoms with Crippen molar-refractivity contribution in [2.45, 2.75) is 13.8 Å². The maximum Gasteiger partial charge on any atom is 0.270 e. The zero-order valence-corrected chi connectivity index (χ0v) is 20.6. The van der Waals surface area contributed by atoms with E-state index in [0.717, 1.165) is 14.9 Å². The number of carbonyl (C=O) groups excluding carboxylic acids is 1. The van der Waals surface area contributed by atoms with Crippen LogP contribution < -0.4 is 4.90 Å². The number of halogens is 1. The lowest BCUT2D eigenvalue weighted by Gasteiger charge is -2.21. The summed E-state index contributed by atoms with van der Waals surface area (Å²) in [4.78, 5) is 33.2. The molecule has 2 aromatic carbocycles.